The van der Waals surface area contributed by atoms with Gasteiger partial charge in [-0.25, -0.2) is 9.97 Å². The van der Waals surface area contributed by atoms with Crippen LogP contribution in [-0.2, 0) is 11.2 Å². The van der Waals surface area contributed by atoms with Crippen LogP contribution in [0.4, 0.5) is 5.82 Å². The lowest BCUT2D eigenvalue weighted by Gasteiger charge is -2.39. The molecule has 5 heteroatoms. The van der Waals surface area contributed by atoms with E-state index in [2.05, 4.69) is 68.7 Å². The third-order valence-corrected chi connectivity index (χ3v) is 7.36. The second-order valence-electron chi connectivity index (χ2n) is 9.24. The summed E-state index contributed by atoms with van der Waals surface area (Å²) in [6.07, 6.45) is 12.1. The number of fused-ring (bicyclic) bond motifs is 2. The number of nitrogens with one attached hydrogen (secondary N) is 1. The predicted molar refractivity (Wildman–Crippen MR) is 130 cm³/mol. The molecular formula is C27H30N4O. The van der Waals surface area contributed by atoms with Gasteiger partial charge in [0.25, 0.3) is 0 Å². The van der Waals surface area contributed by atoms with Crippen molar-refractivity contribution in [2.24, 2.45) is 0 Å². The van der Waals surface area contributed by atoms with E-state index in [1.807, 2.05) is 0 Å². The molecule has 2 fully saturated rings. The molecule has 2 aliphatic carbocycles. The molecule has 0 spiro atoms. The van der Waals surface area contributed by atoms with E-state index in [0.717, 1.165) is 49.4 Å². The molecule has 0 amide bonds. The van der Waals surface area contributed by atoms with E-state index in [1.165, 1.54) is 47.9 Å². The first-order chi connectivity index (χ1) is 15.8. The molecule has 1 saturated carbocycles. The lowest BCUT2D eigenvalue weighted by atomic mass is 9.90. The van der Waals surface area contributed by atoms with E-state index in [9.17, 15) is 0 Å². The number of ether oxygens (including phenoxy) is 1. The number of anilines is 1. The highest BCUT2D eigenvalue weighted by atomic mass is 16.5. The molecule has 1 aromatic heterocycles. The quantitative estimate of drug-likeness (QED) is 0.642. The third-order valence-electron chi connectivity index (χ3n) is 7.36. The summed E-state index contributed by atoms with van der Waals surface area (Å²) < 4.78 is 5.53. The topological polar surface area (TPSA) is 50.3 Å². The van der Waals surface area contributed by atoms with Crippen molar-refractivity contribution in [3.8, 4) is 11.1 Å². The summed E-state index contributed by atoms with van der Waals surface area (Å²) >= 11 is 0. The van der Waals surface area contributed by atoms with Gasteiger partial charge in [-0.15, -0.1) is 0 Å². The van der Waals surface area contributed by atoms with Crippen molar-refractivity contribution >= 4 is 22.8 Å². The monoisotopic (exact) mass is 426 g/mol. The summed E-state index contributed by atoms with van der Waals surface area (Å²) in [4.78, 5) is 11.8. The number of allylic oxidation sites excluding steroid dienone is 1. The minimum Gasteiger partial charge on any atom is -0.379 e. The standard InChI is InChI=1S/C27H30N4O/c1-3-19-4-2-6-24(23(19)5-1)20-7-12-26-25(17-20)27(29-18-28-26)30-21-8-10-22(11-9-21)31-13-15-32-16-14-31/h1-2,4-7,12,17-18,21-22H,3,8-11,13-16H2,(H,28,29,30). The van der Waals surface area contributed by atoms with Crippen molar-refractivity contribution in [3.05, 3.63) is 59.9 Å². The Morgan fingerprint density at radius 2 is 1.84 bits per heavy atom. The highest BCUT2D eigenvalue weighted by Gasteiger charge is 2.27. The van der Waals surface area contributed by atoms with E-state index in [0.29, 0.717) is 12.1 Å². The molecule has 0 atom stereocenters. The van der Waals surface area contributed by atoms with Gasteiger partial charge in [-0.05, 0) is 66.5 Å². The largest absolute Gasteiger partial charge is 0.379 e. The molecule has 3 aliphatic rings. The number of rotatable bonds is 4. The molecule has 2 aromatic carbocycles. The molecule has 5 nitrogen and oxygen atoms in total. The number of morpholine rings is 1. The van der Waals surface area contributed by atoms with Gasteiger partial charge in [-0.2, -0.15) is 0 Å². The van der Waals surface area contributed by atoms with Crippen LogP contribution in [0.3, 0.4) is 0 Å². The molecule has 1 N–H and O–H groups in total. The van der Waals surface area contributed by atoms with Crippen LogP contribution in [0, 0.1) is 0 Å². The molecular weight excluding hydrogens is 396 g/mol. The average Bonchev–Trinajstić information content (AvgIpc) is 3.34. The van der Waals surface area contributed by atoms with Gasteiger partial charge in [0, 0.05) is 30.6 Å². The molecule has 164 valence electrons. The SMILES string of the molecule is C1=Cc2c(cccc2-c2ccc3ncnc(NC4CCC(N5CCOCC5)CC4)c3c2)C1. The van der Waals surface area contributed by atoms with Crippen LogP contribution >= 0.6 is 0 Å². The number of hydrogen-bond acceptors (Lipinski definition) is 5. The first-order valence-corrected chi connectivity index (χ1v) is 12.0. The fourth-order valence-electron chi connectivity index (χ4n) is 5.60. The van der Waals surface area contributed by atoms with Gasteiger partial charge in [0.2, 0.25) is 0 Å². The predicted octanol–water partition coefficient (Wildman–Crippen LogP) is 4.92. The Morgan fingerprint density at radius 3 is 2.72 bits per heavy atom. The van der Waals surface area contributed by atoms with Crippen molar-refractivity contribution in [2.45, 2.75) is 44.2 Å². The number of hydrogen-bond donors (Lipinski definition) is 1. The minimum absolute atomic E-state index is 0.470. The normalized spacial score (nSPS) is 23.4. The van der Waals surface area contributed by atoms with Crippen LogP contribution in [0.25, 0.3) is 28.1 Å². The zero-order chi connectivity index (χ0) is 21.3. The maximum Gasteiger partial charge on any atom is 0.137 e. The Kier molecular flexibility index (Phi) is 5.37. The minimum atomic E-state index is 0.470. The van der Waals surface area contributed by atoms with Gasteiger partial charge >= 0.3 is 0 Å². The average molecular weight is 427 g/mol. The van der Waals surface area contributed by atoms with Crippen LogP contribution in [-0.4, -0.2) is 53.3 Å². The summed E-state index contributed by atoms with van der Waals surface area (Å²) in [6.45, 7) is 3.93. The highest BCUT2D eigenvalue weighted by molar-refractivity contribution is 5.94. The Bertz CT molecular complexity index is 1140. The van der Waals surface area contributed by atoms with E-state index < -0.39 is 0 Å². The van der Waals surface area contributed by atoms with Gasteiger partial charge in [0.15, 0.2) is 0 Å². The molecule has 0 radical (unpaired) electrons. The Hall–Kier alpha value is -2.76. The Labute approximate surface area is 189 Å². The van der Waals surface area contributed by atoms with Crippen molar-refractivity contribution in [3.63, 3.8) is 0 Å². The lowest BCUT2D eigenvalue weighted by molar-refractivity contribution is 0.00791. The Morgan fingerprint density at radius 1 is 0.969 bits per heavy atom. The van der Waals surface area contributed by atoms with E-state index in [1.54, 1.807) is 6.33 Å². The molecule has 32 heavy (non-hydrogen) atoms. The highest BCUT2D eigenvalue weighted by Crippen LogP contribution is 2.34. The van der Waals surface area contributed by atoms with Crippen LogP contribution in [0.15, 0.2) is 48.8 Å². The molecule has 6 rings (SSSR count). The molecule has 1 aliphatic heterocycles. The first-order valence-electron chi connectivity index (χ1n) is 12.0. The smallest absolute Gasteiger partial charge is 0.137 e. The summed E-state index contributed by atoms with van der Waals surface area (Å²) in [5.74, 6) is 0.967. The number of nitrogens with zero attached hydrogens (tertiary/aromatic N) is 3. The molecule has 0 bridgehead atoms. The zero-order valence-corrected chi connectivity index (χ0v) is 18.5. The van der Waals surface area contributed by atoms with Crippen molar-refractivity contribution in [2.75, 3.05) is 31.6 Å². The van der Waals surface area contributed by atoms with Crippen LogP contribution in [0.2, 0.25) is 0 Å². The van der Waals surface area contributed by atoms with E-state index in [4.69, 9.17) is 4.74 Å². The molecule has 3 aromatic rings. The van der Waals surface area contributed by atoms with Gasteiger partial charge in [-0.3, -0.25) is 4.90 Å². The second-order valence-corrected chi connectivity index (χ2v) is 9.24. The summed E-state index contributed by atoms with van der Waals surface area (Å²) in [5.41, 5.74) is 6.27. The fourth-order valence-corrected chi connectivity index (χ4v) is 5.60. The van der Waals surface area contributed by atoms with Gasteiger partial charge in [-0.1, -0.05) is 36.4 Å². The maximum atomic E-state index is 5.53. The first kappa shape index (κ1) is 19.9. The molecule has 1 saturated heterocycles. The number of aromatic nitrogens is 2. The van der Waals surface area contributed by atoms with E-state index in [-0.39, 0.29) is 0 Å². The lowest BCUT2D eigenvalue weighted by Crippen LogP contribution is -2.46. The summed E-state index contributed by atoms with van der Waals surface area (Å²) in [6, 6.07) is 14.4. The van der Waals surface area contributed by atoms with Crippen LogP contribution < -0.4 is 5.32 Å². The van der Waals surface area contributed by atoms with Crippen LogP contribution in [0.5, 0.6) is 0 Å². The molecule has 0 unspecified atom stereocenters. The van der Waals surface area contributed by atoms with Crippen molar-refractivity contribution in [1.29, 1.82) is 0 Å². The third kappa shape index (κ3) is 3.80. The number of benzene rings is 2. The Balaban J connectivity index is 1.23. The fraction of sp³-hybridized carbons (Fsp3) is 0.407. The van der Waals surface area contributed by atoms with Crippen LogP contribution in [0.1, 0.15) is 36.8 Å². The van der Waals surface area contributed by atoms with Gasteiger partial charge in [0.05, 0.1) is 18.7 Å². The molecule has 2 heterocycles. The zero-order valence-electron chi connectivity index (χ0n) is 18.5. The van der Waals surface area contributed by atoms with Gasteiger partial charge in [0.1, 0.15) is 12.1 Å². The van der Waals surface area contributed by atoms with Gasteiger partial charge < -0.3 is 10.1 Å². The summed E-state index contributed by atoms with van der Waals surface area (Å²) in [5, 5.41) is 4.88. The van der Waals surface area contributed by atoms with E-state index >= 15 is 0 Å². The second kappa shape index (κ2) is 8.64. The van der Waals surface area contributed by atoms with Crippen molar-refractivity contribution in [1.82, 2.24) is 14.9 Å². The van der Waals surface area contributed by atoms with Crippen molar-refractivity contribution < 1.29 is 4.74 Å². The summed E-state index contributed by atoms with van der Waals surface area (Å²) in [7, 11) is 0. The maximum absolute atomic E-state index is 5.53.